The zero-order chi connectivity index (χ0) is 15.0. The summed E-state index contributed by atoms with van der Waals surface area (Å²) in [5, 5.41) is 0. The fourth-order valence-electron chi connectivity index (χ4n) is 2.63. The van der Waals surface area contributed by atoms with Crippen molar-refractivity contribution in [2.45, 2.75) is 45.8 Å². The summed E-state index contributed by atoms with van der Waals surface area (Å²) in [6.07, 6.45) is 0. The second kappa shape index (κ2) is 5.05. The monoisotopic (exact) mass is 281 g/mol. The summed E-state index contributed by atoms with van der Waals surface area (Å²) in [6, 6.07) is 0.261. The van der Waals surface area contributed by atoms with Gasteiger partial charge in [0, 0.05) is 13.1 Å². The molecule has 2 heterocycles. The minimum Gasteiger partial charge on any atom is -0.464 e. The van der Waals surface area contributed by atoms with Crippen LogP contribution >= 0.6 is 0 Å². The molecule has 2 rings (SSSR count). The van der Waals surface area contributed by atoms with Gasteiger partial charge in [-0.25, -0.2) is 0 Å². The lowest BCUT2D eigenvalue weighted by Gasteiger charge is -2.47. The lowest BCUT2D eigenvalue weighted by Crippen LogP contribution is -2.57. The van der Waals surface area contributed by atoms with Crippen LogP contribution < -0.4 is 15.4 Å². The first-order valence-corrected chi connectivity index (χ1v) is 6.80. The summed E-state index contributed by atoms with van der Waals surface area (Å²) < 4.78 is 11.4. The number of hydrogen-bond acceptors (Lipinski definition) is 7. The molecule has 7 heteroatoms. The molecule has 112 valence electrons. The molecule has 7 nitrogen and oxygen atoms in total. The lowest BCUT2D eigenvalue weighted by molar-refractivity contribution is -0.133. The maximum absolute atomic E-state index is 6.05. The van der Waals surface area contributed by atoms with Crippen molar-refractivity contribution in [1.82, 2.24) is 15.0 Å². The van der Waals surface area contributed by atoms with Crippen LogP contribution in [0.25, 0.3) is 0 Å². The third kappa shape index (κ3) is 3.47. The van der Waals surface area contributed by atoms with Crippen LogP contribution in [0.4, 0.5) is 11.9 Å². The Morgan fingerprint density at radius 1 is 1.15 bits per heavy atom. The number of hydrogen-bond donors (Lipinski definition) is 1. The molecule has 20 heavy (non-hydrogen) atoms. The third-order valence-corrected chi connectivity index (χ3v) is 2.87. The molecule has 0 radical (unpaired) electrons. The van der Waals surface area contributed by atoms with Gasteiger partial charge < -0.3 is 20.1 Å². The topological polar surface area (TPSA) is 86.4 Å². The quantitative estimate of drug-likeness (QED) is 0.892. The molecule has 0 bridgehead atoms. The number of nitrogens with zero attached hydrogens (tertiary/aromatic N) is 4. The van der Waals surface area contributed by atoms with E-state index in [0.29, 0.717) is 25.6 Å². The molecular weight excluding hydrogens is 258 g/mol. The number of anilines is 2. The first kappa shape index (κ1) is 14.8. The molecule has 0 unspecified atom stereocenters. The first-order valence-electron chi connectivity index (χ1n) is 6.80. The molecule has 2 N–H and O–H groups in total. The van der Waals surface area contributed by atoms with Crippen molar-refractivity contribution in [2.75, 3.05) is 30.3 Å². The first-order chi connectivity index (χ1) is 9.21. The number of morpholine rings is 1. The molecular formula is C13H23N5O2. The molecule has 1 aromatic heterocycles. The Kier molecular flexibility index (Phi) is 3.73. The minimum atomic E-state index is -0.283. The summed E-state index contributed by atoms with van der Waals surface area (Å²) in [4.78, 5) is 14.6. The van der Waals surface area contributed by atoms with Crippen molar-refractivity contribution >= 4 is 11.9 Å². The van der Waals surface area contributed by atoms with Crippen LogP contribution in [0.5, 0.6) is 6.01 Å². The average Bonchev–Trinajstić information content (AvgIpc) is 2.24. The highest BCUT2D eigenvalue weighted by atomic mass is 16.5. The van der Waals surface area contributed by atoms with Gasteiger partial charge in [-0.1, -0.05) is 0 Å². The molecule has 1 aromatic rings. The maximum atomic E-state index is 6.05. The van der Waals surface area contributed by atoms with Gasteiger partial charge >= 0.3 is 6.01 Å². The number of rotatable bonds is 3. The van der Waals surface area contributed by atoms with Crippen LogP contribution in [0.15, 0.2) is 0 Å². The highest BCUT2D eigenvalue weighted by molar-refractivity contribution is 5.37. The van der Waals surface area contributed by atoms with E-state index in [1.54, 1.807) is 0 Å². The number of aromatic nitrogens is 3. The predicted molar refractivity (Wildman–Crippen MR) is 76.9 cm³/mol. The van der Waals surface area contributed by atoms with E-state index in [1.165, 1.54) is 0 Å². The van der Waals surface area contributed by atoms with Gasteiger partial charge in [-0.3, -0.25) is 0 Å². The smallest absolute Gasteiger partial charge is 0.323 e. The van der Waals surface area contributed by atoms with Crippen molar-refractivity contribution < 1.29 is 9.47 Å². The third-order valence-electron chi connectivity index (χ3n) is 2.87. The van der Waals surface area contributed by atoms with E-state index in [0.717, 1.165) is 0 Å². The standard InChI is InChI=1S/C13H23N5O2/c1-6-19-11-16-9(14)15-10(17-11)18-7-12(2,3)20-13(4,5)8-18/h6-8H2,1-5H3,(H2,14,15,16,17). The van der Waals surface area contributed by atoms with E-state index >= 15 is 0 Å². The van der Waals surface area contributed by atoms with Gasteiger partial charge in [-0.2, -0.15) is 15.0 Å². The highest BCUT2D eigenvalue weighted by Crippen LogP contribution is 2.30. The van der Waals surface area contributed by atoms with E-state index in [9.17, 15) is 0 Å². The predicted octanol–water partition coefficient (Wildman–Crippen LogP) is 1.25. The number of nitrogens with two attached hydrogens (primary N) is 1. The van der Waals surface area contributed by atoms with Crippen LogP contribution in [0.2, 0.25) is 0 Å². The van der Waals surface area contributed by atoms with Gasteiger partial charge in [-0.15, -0.1) is 0 Å². The minimum absolute atomic E-state index is 0.167. The van der Waals surface area contributed by atoms with Crippen molar-refractivity contribution in [2.24, 2.45) is 0 Å². The van der Waals surface area contributed by atoms with Crippen LogP contribution in [0.3, 0.4) is 0 Å². The second-order valence-corrected chi connectivity index (χ2v) is 6.19. The number of ether oxygens (including phenoxy) is 2. The maximum Gasteiger partial charge on any atom is 0.323 e. The molecule has 0 spiro atoms. The van der Waals surface area contributed by atoms with Gasteiger partial charge in [0.2, 0.25) is 11.9 Å². The van der Waals surface area contributed by atoms with E-state index < -0.39 is 0 Å². The number of nitrogen functional groups attached to an aromatic ring is 1. The Labute approximate surface area is 119 Å². The van der Waals surface area contributed by atoms with Crippen molar-refractivity contribution in [3.8, 4) is 6.01 Å². The Morgan fingerprint density at radius 3 is 2.30 bits per heavy atom. The molecule has 0 amide bonds. The molecule has 1 fully saturated rings. The Bertz CT molecular complexity index is 474. The van der Waals surface area contributed by atoms with E-state index in [1.807, 2.05) is 6.92 Å². The molecule has 1 aliphatic heterocycles. The van der Waals surface area contributed by atoms with Crippen LogP contribution in [-0.4, -0.2) is 45.9 Å². The Hall–Kier alpha value is -1.63. The van der Waals surface area contributed by atoms with Gasteiger partial charge in [0.05, 0.1) is 17.8 Å². The van der Waals surface area contributed by atoms with Crippen LogP contribution in [0.1, 0.15) is 34.6 Å². The molecule has 0 aromatic carbocycles. The fourth-order valence-corrected chi connectivity index (χ4v) is 2.63. The Morgan fingerprint density at radius 2 is 1.75 bits per heavy atom. The summed E-state index contributed by atoms with van der Waals surface area (Å²) in [5.41, 5.74) is 5.17. The van der Waals surface area contributed by atoms with Crippen molar-refractivity contribution in [3.05, 3.63) is 0 Å². The summed E-state index contributed by atoms with van der Waals surface area (Å²) in [7, 11) is 0. The highest BCUT2D eigenvalue weighted by Gasteiger charge is 2.39. The van der Waals surface area contributed by atoms with Gasteiger partial charge in [0.25, 0.3) is 0 Å². The molecule has 1 saturated heterocycles. The summed E-state index contributed by atoms with van der Waals surface area (Å²) in [6.45, 7) is 11.9. The van der Waals surface area contributed by atoms with E-state index in [4.69, 9.17) is 15.2 Å². The molecule has 0 aliphatic carbocycles. The zero-order valence-electron chi connectivity index (χ0n) is 12.8. The summed E-state index contributed by atoms with van der Waals surface area (Å²) >= 11 is 0. The van der Waals surface area contributed by atoms with Crippen molar-refractivity contribution in [1.29, 1.82) is 0 Å². The normalized spacial score (nSPS) is 20.8. The van der Waals surface area contributed by atoms with Gasteiger partial charge in [-0.05, 0) is 34.6 Å². The largest absolute Gasteiger partial charge is 0.464 e. The average molecular weight is 281 g/mol. The molecule has 0 saturated carbocycles. The van der Waals surface area contributed by atoms with Crippen LogP contribution in [-0.2, 0) is 4.74 Å². The summed E-state index contributed by atoms with van der Waals surface area (Å²) in [5.74, 6) is 0.700. The molecule has 1 aliphatic rings. The SMILES string of the molecule is CCOc1nc(N)nc(N2CC(C)(C)OC(C)(C)C2)n1. The zero-order valence-corrected chi connectivity index (χ0v) is 12.8. The second-order valence-electron chi connectivity index (χ2n) is 6.19. The van der Waals surface area contributed by atoms with Crippen molar-refractivity contribution in [3.63, 3.8) is 0 Å². The van der Waals surface area contributed by atoms with E-state index in [2.05, 4.69) is 47.5 Å². The van der Waals surface area contributed by atoms with E-state index in [-0.39, 0.29) is 23.2 Å². The lowest BCUT2D eigenvalue weighted by atomic mass is 9.99. The Balaban J connectivity index is 2.30. The van der Waals surface area contributed by atoms with Gasteiger partial charge in [0.1, 0.15) is 0 Å². The molecule has 0 atom stereocenters. The van der Waals surface area contributed by atoms with Crippen LogP contribution in [0, 0.1) is 0 Å². The fraction of sp³-hybridized carbons (Fsp3) is 0.769. The van der Waals surface area contributed by atoms with Gasteiger partial charge in [0.15, 0.2) is 0 Å².